The number of aryl methyl sites for hydroxylation is 2. The van der Waals surface area contributed by atoms with Crippen molar-refractivity contribution in [3.05, 3.63) is 100 Å². The van der Waals surface area contributed by atoms with Crippen molar-refractivity contribution in [3.8, 4) is 5.75 Å². The Balaban J connectivity index is 1.85. The molecule has 0 bridgehead atoms. The van der Waals surface area contributed by atoms with Gasteiger partial charge in [0.25, 0.3) is 11.7 Å². The van der Waals surface area contributed by atoms with Gasteiger partial charge >= 0.3 is 0 Å². The maximum absolute atomic E-state index is 13.9. The van der Waals surface area contributed by atoms with Crippen molar-refractivity contribution in [2.45, 2.75) is 33.7 Å². The van der Waals surface area contributed by atoms with E-state index in [4.69, 9.17) is 4.74 Å². The van der Waals surface area contributed by atoms with Crippen LogP contribution in [0.4, 0.5) is 10.1 Å². The number of aliphatic hydroxyl groups excluding tert-OH is 1. The topological polar surface area (TPSA) is 66.8 Å². The number of carbonyl (C=O) groups is 2. The lowest BCUT2D eigenvalue weighted by Crippen LogP contribution is -2.29. The van der Waals surface area contributed by atoms with E-state index in [0.717, 1.165) is 5.56 Å². The second-order valence-corrected chi connectivity index (χ2v) is 9.19. The van der Waals surface area contributed by atoms with Crippen LogP contribution in [0.15, 0.2) is 72.3 Å². The summed E-state index contributed by atoms with van der Waals surface area (Å²) in [5, 5.41) is 11.2. The van der Waals surface area contributed by atoms with Crippen LogP contribution in [-0.2, 0) is 9.59 Å². The van der Waals surface area contributed by atoms with E-state index in [9.17, 15) is 19.1 Å². The summed E-state index contributed by atoms with van der Waals surface area (Å²) in [6.07, 6.45) is 0. The van der Waals surface area contributed by atoms with E-state index in [1.54, 1.807) is 31.2 Å². The molecule has 1 heterocycles. The quantitative estimate of drug-likeness (QED) is 0.267. The van der Waals surface area contributed by atoms with Crippen molar-refractivity contribution >= 4 is 23.1 Å². The smallest absolute Gasteiger partial charge is 0.300 e. The molecular weight excluding hydrogens is 445 g/mol. The zero-order chi connectivity index (χ0) is 25.3. The Bertz CT molecular complexity index is 1310. The number of hydrogen-bond acceptors (Lipinski definition) is 4. The molecule has 0 radical (unpaired) electrons. The van der Waals surface area contributed by atoms with Gasteiger partial charge < -0.3 is 9.84 Å². The number of halogens is 1. The Morgan fingerprint density at radius 1 is 1.00 bits per heavy atom. The minimum Gasteiger partial charge on any atom is -0.507 e. The Morgan fingerprint density at radius 3 is 2.31 bits per heavy atom. The molecule has 0 aromatic heterocycles. The zero-order valence-corrected chi connectivity index (χ0v) is 20.2. The zero-order valence-electron chi connectivity index (χ0n) is 20.2. The van der Waals surface area contributed by atoms with Gasteiger partial charge in [-0.25, -0.2) is 4.39 Å². The highest BCUT2D eigenvalue weighted by Gasteiger charge is 2.47. The number of Topliss-reactive ketones (excluding diaryl/α,β-unsaturated/α-hetero) is 1. The molecule has 1 amide bonds. The van der Waals surface area contributed by atoms with Crippen molar-refractivity contribution in [3.63, 3.8) is 0 Å². The number of nitrogens with zero attached hydrogens (tertiary/aromatic N) is 1. The normalized spacial score (nSPS) is 17.3. The Kier molecular flexibility index (Phi) is 6.74. The highest BCUT2D eigenvalue weighted by atomic mass is 19.1. The highest BCUT2D eigenvalue weighted by Crippen LogP contribution is 2.43. The van der Waals surface area contributed by atoms with Crippen LogP contribution in [0, 0.1) is 25.6 Å². The van der Waals surface area contributed by atoms with Crippen LogP contribution in [0.3, 0.4) is 0 Å². The highest BCUT2D eigenvalue weighted by molar-refractivity contribution is 6.51. The van der Waals surface area contributed by atoms with Crippen LogP contribution in [0.5, 0.6) is 5.75 Å². The molecule has 1 atom stereocenters. The van der Waals surface area contributed by atoms with Gasteiger partial charge in [-0.1, -0.05) is 38.1 Å². The first kappa shape index (κ1) is 24.2. The van der Waals surface area contributed by atoms with Crippen molar-refractivity contribution < 1.29 is 23.8 Å². The summed E-state index contributed by atoms with van der Waals surface area (Å²) in [5.41, 5.74) is 2.65. The molecular formula is C29H28FNO4. The third-order valence-electron chi connectivity index (χ3n) is 6.06. The van der Waals surface area contributed by atoms with Gasteiger partial charge in [0.1, 0.15) is 17.3 Å². The SMILES string of the molecule is Cc1cc(/C(O)=C2\C(=O)C(=O)N(c3ccc(OCC(C)C)cc3)C2c2ccccc2C)ccc1F. The first-order valence-electron chi connectivity index (χ1n) is 11.5. The lowest BCUT2D eigenvalue weighted by molar-refractivity contribution is -0.132. The van der Waals surface area contributed by atoms with Crippen molar-refractivity contribution in [1.82, 2.24) is 0 Å². The second-order valence-electron chi connectivity index (χ2n) is 9.19. The standard InChI is InChI=1S/C29H28FNO4/c1-17(2)16-35-22-12-10-21(11-13-22)31-26(23-8-6-5-7-18(23)3)25(28(33)29(31)34)27(32)20-9-14-24(30)19(4)15-20/h5-15,17,26,32H,16H2,1-4H3/b27-25+. The molecule has 5 nitrogen and oxygen atoms in total. The van der Waals surface area contributed by atoms with Gasteiger partial charge in [0.05, 0.1) is 18.2 Å². The summed E-state index contributed by atoms with van der Waals surface area (Å²) < 4.78 is 19.6. The lowest BCUT2D eigenvalue weighted by Gasteiger charge is -2.27. The van der Waals surface area contributed by atoms with E-state index in [-0.39, 0.29) is 16.9 Å². The third-order valence-corrected chi connectivity index (χ3v) is 6.06. The van der Waals surface area contributed by atoms with Gasteiger partial charge in [-0.05, 0) is 78.9 Å². The van der Waals surface area contributed by atoms with Crippen LogP contribution >= 0.6 is 0 Å². The van der Waals surface area contributed by atoms with Crippen molar-refractivity contribution in [2.75, 3.05) is 11.5 Å². The minimum absolute atomic E-state index is 0.0320. The summed E-state index contributed by atoms with van der Waals surface area (Å²) >= 11 is 0. The number of amides is 1. The molecule has 1 saturated heterocycles. The summed E-state index contributed by atoms with van der Waals surface area (Å²) in [6.45, 7) is 8.13. The summed E-state index contributed by atoms with van der Waals surface area (Å²) in [4.78, 5) is 28.0. The molecule has 3 aromatic rings. The first-order valence-corrected chi connectivity index (χ1v) is 11.5. The Hall–Kier alpha value is -3.93. The fourth-order valence-corrected chi connectivity index (χ4v) is 4.20. The predicted octanol–water partition coefficient (Wildman–Crippen LogP) is 6.10. The fourth-order valence-electron chi connectivity index (χ4n) is 4.20. The monoisotopic (exact) mass is 473 g/mol. The van der Waals surface area contributed by atoms with E-state index in [2.05, 4.69) is 13.8 Å². The maximum Gasteiger partial charge on any atom is 0.300 e. The van der Waals surface area contributed by atoms with E-state index in [1.165, 1.54) is 23.1 Å². The van der Waals surface area contributed by atoms with E-state index >= 15 is 0 Å². The molecule has 1 fully saturated rings. The van der Waals surface area contributed by atoms with Gasteiger partial charge in [-0.15, -0.1) is 0 Å². The number of carbonyl (C=O) groups excluding carboxylic acids is 2. The Morgan fingerprint density at radius 2 is 1.69 bits per heavy atom. The minimum atomic E-state index is -0.844. The third kappa shape index (κ3) is 4.69. The second kappa shape index (κ2) is 9.74. The van der Waals surface area contributed by atoms with Crippen LogP contribution in [0.25, 0.3) is 5.76 Å². The van der Waals surface area contributed by atoms with Gasteiger partial charge in [0.15, 0.2) is 0 Å². The van der Waals surface area contributed by atoms with E-state index in [1.807, 2.05) is 31.2 Å². The molecule has 3 aromatic carbocycles. The molecule has 0 aliphatic carbocycles. The largest absolute Gasteiger partial charge is 0.507 e. The molecule has 4 rings (SSSR count). The molecule has 1 N–H and O–H groups in total. The molecule has 1 aliphatic rings. The van der Waals surface area contributed by atoms with E-state index < -0.39 is 23.5 Å². The number of aliphatic hydroxyl groups is 1. The Labute approximate surface area is 204 Å². The molecule has 1 aliphatic heterocycles. The average Bonchev–Trinajstić information content (AvgIpc) is 3.10. The summed E-state index contributed by atoms with van der Waals surface area (Å²) in [7, 11) is 0. The summed E-state index contributed by atoms with van der Waals surface area (Å²) in [6, 6.07) is 17.7. The molecule has 6 heteroatoms. The maximum atomic E-state index is 13.9. The van der Waals surface area contributed by atoms with Crippen LogP contribution < -0.4 is 9.64 Å². The first-order chi connectivity index (χ1) is 16.7. The van der Waals surface area contributed by atoms with Crippen LogP contribution in [0.1, 0.15) is 42.1 Å². The van der Waals surface area contributed by atoms with Crippen LogP contribution in [0.2, 0.25) is 0 Å². The van der Waals surface area contributed by atoms with Crippen LogP contribution in [-0.4, -0.2) is 23.4 Å². The summed E-state index contributed by atoms with van der Waals surface area (Å²) in [5.74, 6) is -1.26. The number of hydrogen-bond donors (Lipinski definition) is 1. The number of anilines is 1. The molecule has 35 heavy (non-hydrogen) atoms. The number of rotatable bonds is 6. The molecule has 0 saturated carbocycles. The van der Waals surface area contributed by atoms with E-state index in [0.29, 0.717) is 35.1 Å². The molecule has 1 unspecified atom stereocenters. The fraction of sp³-hybridized carbons (Fsp3) is 0.241. The number of ether oxygens (including phenoxy) is 1. The molecule has 180 valence electrons. The van der Waals surface area contributed by atoms with Gasteiger partial charge in [-0.3, -0.25) is 14.5 Å². The molecule has 0 spiro atoms. The van der Waals surface area contributed by atoms with Crippen molar-refractivity contribution in [1.29, 1.82) is 0 Å². The number of ketones is 1. The lowest BCUT2D eigenvalue weighted by atomic mass is 9.92. The average molecular weight is 474 g/mol. The van der Waals surface area contributed by atoms with Gasteiger partial charge in [0, 0.05) is 11.3 Å². The van der Waals surface area contributed by atoms with Gasteiger partial charge in [-0.2, -0.15) is 0 Å². The van der Waals surface area contributed by atoms with Gasteiger partial charge in [0.2, 0.25) is 0 Å². The predicted molar refractivity (Wildman–Crippen MR) is 134 cm³/mol. The number of benzene rings is 3. The van der Waals surface area contributed by atoms with Crippen molar-refractivity contribution in [2.24, 2.45) is 5.92 Å².